The Balaban J connectivity index is 4.30. The van der Waals surface area contributed by atoms with Gasteiger partial charge in [-0.25, -0.2) is 0 Å². The van der Waals surface area contributed by atoms with E-state index in [1.54, 1.807) is 0 Å². The monoisotopic (exact) mass is 232 g/mol. The van der Waals surface area contributed by atoms with E-state index >= 15 is 0 Å². The van der Waals surface area contributed by atoms with Crippen molar-refractivity contribution < 1.29 is 30.4 Å². The lowest BCUT2D eigenvalue weighted by Crippen LogP contribution is -2.20. The van der Waals surface area contributed by atoms with Crippen LogP contribution in [0.1, 0.15) is 6.92 Å². The van der Waals surface area contributed by atoms with Gasteiger partial charge in [-0.3, -0.25) is 9.35 Å². The molecule has 0 spiro atoms. The van der Waals surface area contributed by atoms with Gasteiger partial charge in [0.25, 0.3) is 10.1 Å². The van der Waals surface area contributed by atoms with Gasteiger partial charge in [-0.15, -0.1) is 0 Å². The number of rotatable bonds is 4. The molecule has 0 atom stereocenters. The van der Waals surface area contributed by atoms with Gasteiger partial charge in [0.15, 0.2) is 0 Å². The lowest BCUT2D eigenvalue weighted by atomic mass is 10.9. The van der Waals surface area contributed by atoms with E-state index in [9.17, 15) is 21.6 Å². The van der Waals surface area contributed by atoms with Crippen LogP contribution >= 0.6 is 0 Å². The highest BCUT2D eigenvalue weighted by atomic mass is 32.2. The molecule has 78 valence electrons. The highest BCUT2D eigenvalue weighted by molar-refractivity contribution is 7.90. The average Bonchev–Trinajstić information content (AvgIpc) is 1.79. The molecular weight excluding hydrogens is 224 g/mol. The Kier molecular flexibility index (Phi) is 3.82. The number of hydrogen-bond acceptors (Lipinski definition) is 6. The Morgan fingerprint density at radius 2 is 1.69 bits per heavy atom. The molecule has 0 fully saturated rings. The molecule has 0 amide bonds. The van der Waals surface area contributed by atoms with E-state index in [1.807, 2.05) is 0 Å². The first kappa shape index (κ1) is 12.3. The Morgan fingerprint density at radius 3 is 2.00 bits per heavy atom. The van der Waals surface area contributed by atoms with Crippen molar-refractivity contribution in [1.82, 2.24) is 0 Å². The SMILES string of the molecule is CC(=O)OS(=O)(=O)CCS(=O)(=O)O. The fourth-order valence-electron chi connectivity index (χ4n) is 0.428. The third kappa shape index (κ3) is 7.68. The van der Waals surface area contributed by atoms with Crippen LogP contribution in [0.3, 0.4) is 0 Å². The second-order valence-electron chi connectivity index (χ2n) is 2.12. The molecule has 0 aromatic carbocycles. The summed E-state index contributed by atoms with van der Waals surface area (Å²) in [6.07, 6.45) is 0. The quantitative estimate of drug-likeness (QED) is 0.476. The fourth-order valence-corrected chi connectivity index (χ4v) is 2.53. The van der Waals surface area contributed by atoms with Gasteiger partial charge < -0.3 is 4.18 Å². The summed E-state index contributed by atoms with van der Waals surface area (Å²) in [4.78, 5) is 10.2. The Morgan fingerprint density at radius 1 is 1.23 bits per heavy atom. The van der Waals surface area contributed by atoms with Crippen molar-refractivity contribution in [3.8, 4) is 0 Å². The van der Waals surface area contributed by atoms with Crippen LogP contribution in [-0.4, -0.2) is 38.9 Å². The summed E-state index contributed by atoms with van der Waals surface area (Å²) in [6, 6.07) is 0. The molecule has 0 saturated carbocycles. The maximum absolute atomic E-state index is 10.7. The predicted octanol–water partition coefficient (Wildman–Crippen LogP) is -1.23. The van der Waals surface area contributed by atoms with E-state index in [-0.39, 0.29) is 0 Å². The number of carbonyl (C=O) groups is 1. The molecule has 13 heavy (non-hydrogen) atoms. The molecule has 9 heteroatoms. The molecule has 0 unspecified atom stereocenters. The largest absolute Gasteiger partial charge is 0.346 e. The molecule has 0 aliphatic carbocycles. The van der Waals surface area contributed by atoms with Crippen LogP contribution < -0.4 is 0 Å². The molecule has 1 N–H and O–H groups in total. The van der Waals surface area contributed by atoms with Gasteiger partial charge >= 0.3 is 16.1 Å². The maximum Gasteiger partial charge on any atom is 0.319 e. The van der Waals surface area contributed by atoms with Gasteiger partial charge in [-0.05, 0) is 0 Å². The minimum absolute atomic E-state index is 0.866. The number of hydrogen-bond donors (Lipinski definition) is 1. The molecule has 0 rings (SSSR count). The van der Waals surface area contributed by atoms with Crippen molar-refractivity contribution >= 4 is 26.2 Å². The van der Waals surface area contributed by atoms with Gasteiger partial charge in [0.1, 0.15) is 5.75 Å². The van der Waals surface area contributed by atoms with Crippen LogP contribution in [-0.2, 0) is 29.2 Å². The van der Waals surface area contributed by atoms with E-state index in [1.165, 1.54) is 0 Å². The van der Waals surface area contributed by atoms with Gasteiger partial charge in [0.05, 0.1) is 5.75 Å². The van der Waals surface area contributed by atoms with E-state index in [4.69, 9.17) is 4.55 Å². The van der Waals surface area contributed by atoms with Crippen molar-refractivity contribution in [2.45, 2.75) is 6.92 Å². The van der Waals surface area contributed by atoms with Crippen molar-refractivity contribution in [2.24, 2.45) is 0 Å². The smallest absolute Gasteiger partial charge is 0.319 e. The molecule has 0 aromatic heterocycles. The highest BCUT2D eigenvalue weighted by Crippen LogP contribution is 1.95. The Labute approximate surface area is 75.6 Å². The van der Waals surface area contributed by atoms with Crippen LogP contribution in [0.5, 0.6) is 0 Å². The van der Waals surface area contributed by atoms with Gasteiger partial charge in [-0.1, -0.05) is 0 Å². The fraction of sp³-hybridized carbons (Fsp3) is 0.750. The molecule has 0 aliphatic heterocycles. The standard InChI is InChI=1S/C4H8O7S2/c1-4(5)11-13(9,10)3-2-12(6,7)8/h2-3H2,1H3,(H,6,7,8). The van der Waals surface area contributed by atoms with Crippen LogP contribution in [0.25, 0.3) is 0 Å². The van der Waals surface area contributed by atoms with Crippen molar-refractivity contribution in [1.29, 1.82) is 0 Å². The maximum atomic E-state index is 10.7. The van der Waals surface area contributed by atoms with Crippen LogP contribution in [0.4, 0.5) is 0 Å². The first-order valence-electron chi connectivity index (χ1n) is 3.00. The third-order valence-electron chi connectivity index (χ3n) is 0.836. The minimum atomic E-state index is -4.36. The second-order valence-corrected chi connectivity index (χ2v) is 5.39. The highest BCUT2D eigenvalue weighted by Gasteiger charge is 2.18. The van der Waals surface area contributed by atoms with Crippen LogP contribution in [0.2, 0.25) is 0 Å². The Bertz CT molecular complexity index is 375. The normalized spacial score (nSPS) is 12.5. The molecule has 0 aromatic rings. The summed E-state index contributed by atoms with van der Waals surface area (Å²) in [7, 11) is -8.57. The van der Waals surface area contributed by atoms with Crippen molar-refractivity contribution in [2.75, 3.05) is 11.5 Å². The topological polar surface area (TPSA) is 115 Å². The minimum Gasteiger partial charge on any atom is -0.346 e. The predicted molar refractivity (Wildman–Crippen MR) is 42.0 cm³/mol. The van der Waals surface area contributed by atoms with Crippen molar-refractivity contribution in [3.63, 3.8) is 0 Å². The summed E-state index contributed by atoms with van der Waals surface area (Å²) in [5, 5.41) is 0. The molecule has 0 saturated heterocycles. The Hall–Kier alpha value is -0.670. The van der Waals surface area contributed by atoms with E-state index in [0.717, 1.165) is 6.92 Å². The molecule has 0 aliphatic rings. The van der Waals surface area contributed by atoms with Crippen LogP contribution in [0, 0.1) is 0 Å². The zero-order valence-corrected chi connectivity index (χ0v) is 8.26. The van der Waals surface area contributed by atoms with E-state index in [0.29, 0.717) is 0 Å². The summed E-state index contributed by atoms with van der Waals surface area (Å²) < 4.78 is 53.5. The second kappa shape index (κ2) is 4.03. The lowest BCUT2D eigenvalue weighted by molar-refractivity contribution is -0.131. The lowest BCUT2D eigenvalue weighted by Gasteiger charge is -2.00. The molecule has 0 bridgehead atoms. The average molecular weight is 232 g/mol. The van der Waals surface area contributed by atoms with E-state index < -0.39 is 37.7 Å². The van der Waals surface area contributed by atoms with Gasteiger partial charge in [0, 0.05) is 6.92 Å². The van der Waals surface area contributed by atoms with Gasteiger partial charge in [0.2, 0.25) is 0 Å². The summed E-state index contributed by atoms with van der Waals surface area (Å²) >= 11 is 0. The van der Waals surface area contributed by atoms with Gasteiger partial charge in [-0.2, -0.15) is 16.8 Å². The summed E-state index contributed by atoms with van der Waals surface area (Å²) in [6.45, 7) is 0.866. The molecule has 7 nitrogen and oxygen atoms in total. The summed E-state index contributed by atoms with van der Waals surface area (Å²) in [5.74, 6) is -3.01. The molecule has 0 heterocycles. The zero-order chi connectivity index (χ0) is 10.7. The van der Waals surface area contributed by atoms with Crippen molar-refractivity contribution in [3.05, 3.63) is 0 Å². The molecular formula is C4H8O7S2. The first-order chi connectivity index (χ1) is 5.62. The number of carbonyl (C=O) groups excluding carboxylic acids is 1. The zero-order valence-electron chi connectivity index (χ0n) is 6.63. The summed E-state index contributed by atoms with van der Waals surface area (Å²) in [5.41, 5.74) is 0. The van der Waals surface area contributed by atoms with Crippen LogP contribution in [0.15, 0.2) is 0 Å². The van der Waals surface area contributed by atoms with E-state index in [2.05, 4.69) is 4.18 Å². The molecule has 0 radical (unpaired) electrons. The first-order valence-corrected chi connectivity index (χ1v) is 6.19. The third-order valence-corrected chi connectivity index (χ3v) is 3.01.